The van der Waals surface area contributed by atoms with Crippen molar-refractivity contribution in [1.82, 2.24) is 15.6 Å². The topological polar surface area (TPSA) is 67.8 Å². The molecule has 0 atom stereocenters. The molecule has 0 radical (unpaired) electrons. The normalized spacial score (nSPS) is 11.4. The lowest BCUT2D eigenvalue weighted by Gasteiger charge is -2.15. The summed E-state index contributed by atoms with van der Waals surface area (Å²) in [6.07, 6.45) is -4.74. The van der Waals surface area contributed by atoms with Crippen molar-refractivity contribution >= 4 is 29.9 Å². The highest BCUT2D eigenvalue weighted by atomic mass is 127. The van der Waals surface area contributed by atoms with E-state index < -0.39 is 6.36 Å². The molecule has 0 unspecified atom stereocenters. The van der Waals surface area contributed by atoms with E-state index in [1.807, 2.05) is 12.1 Å². The van der Waals surface area contributed by atoms with Crippen molar-refractivity contribution < 1.29 is 22.6 Å². The zero-order chi connectivity index (χ0) is 19.0. The third kappa shape index (κ3) is 7.89. The minimum atomic E-state index is -4.74. The van der Waals surface area contributed by atoms with Gasteiger partial charge in [0.2, 0.25) is 5.88 Å². The lowest BCUT2D eigenvalue weighted by Crippen LogP contribution is -2.36. The van der Waals surface area contributed by atoms with Gasteiger partial charge in [0.1, 0.15) is 5.75 Å². The first kappa shape index (κ1) is 22.8. The van der Waals surface area contributed by atoms with Crippen LogP contribution in [0.4, 0.5) is 13.2 Å². The molecule has 10 heteroatoms. The van der Waals surface area contributed by atoms with Crippen molar-refractivity contribution in [3.05, 3.63) is 53.7 Å². The molecular formula is C17H20F3IN4O2. The Balaban J connectivity index is 0.00000364. The second-order valence-electron chi connectivity index (χ2n) is 5.11. The van der Waals surface area contributed by atoms with Crippen LogP contribution in [0, 0.1) is 0 Å². The van der Waals surface area contributed by atoms with Crippen molar-refractivity contribution in [1.29, 1.82) is 0 Å². The van der Waals surface area contributed by atoms with E-state index in [-0.39, 0.29) is 36.3 Å². The number of alkyl halides is 3. The van der Waals surface area contributed by atoms with Gasteiger partial charge in [-0.2, -0.15) is 0 Å². The average Bonchev–Trinajstić information content (AvgIpc) is 2.62. The fraction of sp³-hybridized carbons (Fsp3) is 0.294. The van der Waals surface area contributed by atoms with Crippen molar-refractivity contribution in [2.24, 2.45) is 4.99 Å². The second kappa shape index (κ2) is 10.8. The highest BCUT2D eigenvalue weighted by molar-refractivity contribution is 14.0. The molecule has 0 aliphatic carbocycles. The first-order chi connectivity index (χ1) is 12.4. The number of nitrogens with zero attached hydrogens (tertiary/aromatic N) is 2. The summed E-state index contributed by atoms with van der Waals surface area (Å²) < 4.78 is 46.5. The number of nitrogens with one attached hydrogen (secondary N) is 2. The van der Waals surface area contributed by atoms with Gasteiger partial charge in [-0.25, -0.2) is 4.98 Å². The van der Waals surface area contributed by atoms with Gasteiger partial charge in [-0.15, -0.1) is 37.1 Å². The maximum absolute atomic E-state index is 12.5. The Morgan fingerprint density at radius 2 is 1.78 bits per heavy atom. The van der Waals surface area contributed by atoms with Crippen LogP contribution in [-0.4, -0.2) is 31.5 Å². The molecule has 0 spiro atoms. The Labute approximate surface area is 172 Å². The number of ether oxygens (including phenoxy) is 2. The van der Waals surface area contributed by atoms with Gasteiger partial charge in [0, 0.05) is 25.2 Å². The molecule has 0 saturated heterocycles. The maximum atomic E-state index is 12.5. The third-order valence-corrected chi connectivity index (χ3v) is 3.30. The van der Waals surface area contributed by atoms with E-state index in [9.17, 15) is 13.2 Å². The van der Waals surface area contributed by atoms with Gasteiger partial charge in [0.25, 0.3) is 0 Å². The number of guanidine groups is 1. The lowest BCUT2D eigenvalue weighted by molar-refractivity contribution is -0.274. The van der Waals surface area contributed by atoms with Crippen LogP contribution in [0.15, 0.2) is 47.5 Å². The summed E-state index contributed by atoms with van der Waals surface area (Å²) in [6, 6.07) is 11.3. The largest absolute Gasteiger partial charge is 0.573 e. The maximum Gasteiger partial charge on any atom is 0.573 e. The molecule has 1 heterocycles. The molecular weight excluding hydrogens is 476 g/mol. The van der Waals surface area contributed by atoms with Crippen molar-refractivity contribution in [3.8, 4) is 11.6 Å². The molecule has 27 heavy (non-hydrogen) atoms. The number of hydrogen-bond acceptors (Lipinski definition) is 4. The minimum Gasteiger partial charge on any atom is -0.481 e. The quantitative estimate of drug-likeness (QED) is 0.365. The fourth-order valence-electron chi connectivity index (χ4n) is 2.12. The number of rotatable bonds is 6. The Kier molecular flexibility index (Phi) is 9.12. The summed E-state index contributed by atoms with van der Waals surface area (Å²) >= 11 is 0. The van der Waals surface area contributed by atoms with E-state index in [2.05, 4.69) is 25.3 Å². The number of pyridine rings is 1. The van der Waals surface area contributed by atoms with Crippen LogP contribution in [0.3, 0.4) is 0 Å². The summed E-state index contributed by atoms with van der Waals surface area (Å²) in [7, 11) is 3.09. The van der Waals surface area contributed by atoms with Crippen LogP contribution in [-0.2, 0) is 13.1 Å². The van der Waals surface area contributed by atoms with E-state index in [4.69, 9.17) is 4.74 Å². The molecule has 6 nitrogen and oxygen atoms in total. The molecule has 2 N–H and O–H groups in total. The molecule has 0 fully saturated rings. The molecule has 0 aliphatic rings. The Morgan fingerprint density at radius 1 is 1.07 bits per heavy atom. The number of aromatic nitrogens is 1. The molecule has 0 saturated carbocycles. The summed E-state index contributed by atoms with van der Waals surface area (Å²) in [5.41, 5.74) is 1.08. The van der Waals surface area contributed by atoms with E-state index in [1.165, 1.54) is 19.2 Å². The average molecular weight is 496 g/mol. The molecule has 0 bridgehead atoms. The first-order valence-corrected chi connectivity index (χ1v) is 7.69. The highest BCUT2D eigenvalue weighted by Gasteiger charge is 2.31. The van der Waals surface area contributed by atoms with Gasteiger partial charge in [0.05, 0.1) is 19.3 Å². The Hall–Kier alpha value is -2.24. The summed E-state index contributed by atoms with van der Waals surface area (Å²) in [5.74, 6) is 0.652. The monoisotopic (exact) mass is 496 g/mol. The van der Waals surface area contributed by atoms with E-state index in [0.29, 0.717) is 23.9 Å². The van der Waals surface area contributed by atoms with Gasteiger partial charge in [-0.05, 0) is 12.1 Å². The molecule has 0 amide bonds. The predicted molar refractivity (Wildman–Crippen MR) is 106 cm³/mol. The number of aliphatic imine (C=N–C) groups is 1. The van der Waals surface area contributed by atoms with Crippen molar-refractivity contribution in [3.63, 3.8) is 0 Å². The van der Waals surface area contributed by atoms with Gasteiger partial charge in [-0.1, -0.05) is 24.3 Å². The van der Waals surface area contributed by atoms with Crippen LogP contribution in [0.5, 0.6) is 11.6 Å². The second-order valence-corrected chi connectivity index (χ2v) is 5.11. The first-order valence-electron chi connectivity index (χ1n) is 7.69. The third-order valence-electron chi connectivity index (χ3n) is 3.30. The molecule has 1 aromatic heterocycles. The molecule has 1 aromatic carbocycles. The van der Waals surface area contributed by atoms with Gasteiger partial charge in [0.15, 0.2) is 5.96 Å². The van der Waals surface area contributed by atoms with Crippen LogP contribution < -0.4 is 20.1 Å². The SMILES string of the molecule is CN=C(NCc1cccc(OC)n1)NCc1ccccc1OC(F)(F)F.I. The number of hydrogen-bond donors (Lipinski definition) is 2. The smallest absolute Gasteiger partial charge is 0.481 e. The zero-order valence-electron chi connectivity index (χ0n) is 14.7. The standard InChI is InChI=1S/C17H19F3N4O2.HI/c1-21-16(23-11-13-7-5-9-15(24-13)25-2)22-10-12-6-3-4-8-14(12)26-17(18,19)20;/h3-9H,10-11H2,1-2H3,(H2,21,22,23);1H. The van der Waals surface area contributed by atoms with Crippen molar-refractivity contribution in [2.75, 3.05) is 14.2 Å². The fourth-order valence-corrected chi connectivity index (χ4v) is 2.12. The van der Waals surface area contributed by atoms with Crippen molar-refractivity contribution in [2.45, 2.75) is 19.5 Å². The minimum absolute atomic E-state index is 0. The Morgan fingerprint density at radius 3 is 2.44 bits per heavy atom. The van der Waals surface area contributed by atoms with Crippen LogP contribution >= 0.6 is 24.0 Å². The summed E-state index contributed by atoms with van der Waals surface area (Å²) in [6.45, 7) is 0.481. The van der Waals surface area contributed by atoms with Crippen LogP contribution in [0.2, 0.25) is 0 Å². The van der Waals surface area contributed by atoms with Crippen LogP contribution in [0.1, 0.15) is 11.3 Å². The molecule has 2 aromatic rings. The molecule has 2 rings (SSSR count). The lowest BCUT2D eigenvalue weighted by atomic mass is 10.2. The van der Waals surface area contributed by atoms with Gasteiger partial charge >= 0.3 is 6.36 Å². The zero-order valence-corrected chi connectivity index (χ0v) is 17.0. The summed E-state index contributed by atoms with van der Waals surface area (Å²) in [5, 5.41) is 5.98. The number of benzene rings is 1. The number of methoxy groups -OCH3 is 1. The van der Waals surface area contributed by atoms with E-state index in [1.54, 1.807) is 25.2 Å². The molecule has 0 aliphatic heterocycles. The number of para-hydroxylation sites is 1. The van der Waals surface area contributed by atoms with Gasteiger partial charge < -0.3 is 20.1 Å². The predicted octanol–water partition coefficient (Wildman–Crippen LogP) is 3.47. The highest BCUT2D eigenvalue weighted by Crippen LogP contribution is 2.26. The number of halogens is 4. The van der Waals surface area contributed by atoms with E-state index >= 15 is 0 Å². The molecule has 148 valence electrons. The van der Waals surface area contributed by atoms with E-state index in [0.717, 1.165) is 5.69 Å². The van der Waals surface area contributed by atoms with Gasteiger partial charge in [-0.3, -0.25) is 4.99 Å². The Bertz CT molecular complexity index is 757. The van der Waals surface area contributed by atoms with Crippen LogP contribution in [0.25, 0.3) is 0 Å². The summed E-state index contributed by atoms with van der Waals surface area (Å²) in [4.78, 5) is 8.30.